The first-order valence-electron chi connectivity index (χ1n) is 5.13. The van der Waals surface area contributed by atoms with Crippen LogP contribution in [0, 0.1) is 0 Å². The highest BCUT2D eigenvalue weighted by Gasteiger charge is 2.10. The van der Waals surface area contributed by atoms with Crippen molar-refractivity contribution in [2.45, 2.75) is 6.54 Å². The molecule has 0 bridgehead atoms. The highest BCUT2D eigenvalue weighted by molar-refractivity contribution is 6.42. The molecule has 1 saturated heterocycles. The third-order valence-electron chi connectivity index (χ3n) is 2.60. The molecule has 0 saturated carbocycles. The number of nitrogens with one attached hydrogen (secondary N) is 1. The topological polar surface area (TPSA) is 15.3 Å². The molecule has 0 aromatic heterocycles. The second-order valence-corrected chi connectivity index (χ2v) is 4.59. The summed E-state index contributed by atoms with van der Waals surface area (Å²) in [5.74, 6) is 0. The Labute approximate surface area is 124 Å². The van der Waals surface area contributed by atoms with Gasteiger partial charge >= 0.3 is 0 Å². The summed E-state index contributed by atoms with van der Waals surface area (Å²) < 4.78 is 0. The highest BCUT2D eigenvalue weighted by Crippen LogP contribution is 2.23. The summed E-state index contributed by atoms with van der Waals surface area (Å²) in [5, 5.41) is 4.60. The Kier molecular flexibility index (Phi) is 8.56. The second-order valence-electron chi connectivity index (χ2n) is 3.77. The smallest absolute Gasteiger partial charge is 0.0595 e. The molecule has 6 heteroatoms. The lowest BCUT2D eigenvalue weighted by Gasteiger charge is -2.27. The highest BCUT2D eigenvalue weighted by atomic mass is 35.5. The molecule has 0 radical (unpaired) electrons. The van der Waals surface area contributed by atoms with Crippen molar-refractivity contribution in [3.05, 3.63) is 33.8 Å². The van der Waals surface area contributed by atoms with Crippen LogP contribution in [0.2, 0.25) is 10.0 Å². The molecular formula is C11H16Cl4N2. The normalized spacial score (nSPS) is 15.9. The number of hydrogen-bond acceptors (Lipinski definition) is 2. The predicted molar refractivity (Wildman–Crippen MR) is 79.1 cm³/mol. The first kappa shape index (κ1) is 17.3. The fourth-order valence-electron chi connectivity index (χ4n) is 1.77. The van der Waals surface area contributed by atoms with Crippen molar-refractivity contribution >= 4 is 48.0 Å². The fraction of sp³-hybridized carbons (Fsp3) is 0.455. The van der Waals surface area contributed by atoms with Crippen LogP contribution in [-0.2, 0) is 6.54 Å². The molecule has 1 aromatic carbocycles. The Balaban J connectivity index is 0.00000128. The van der Waals surface area contributed by atoms with Crippen molar-refractivity contribution in [3.63, 3.8) is 0 Å². The van der Waals surface area contributed by atoms with Gasteiger partial charge in [-0.25, -0.2) is 0 Å². The van der Waals surface area contributed by atoms with Gasteiger partial charge in [-0.2, -0.15) is 0 Å². The predicted octanol–water partition coefficient (Wildman–Crippen LogP) is 3.24. The van der Waals surface area contributed by atoms with Gasteiger partial charge in [0.05, 0.1) is 10.0 Å². The number of hydrogen-bond donors (Lipinski definition) is 1. The maximum Gasteiger partial charge on any atom is 0.0595 e. The van der Waals surface area contributed by atoms with Crippen LogP contribution in [0.5, 0.6) is 0 Å². The Morgan fingerprint density at radius 1 is 1.06 bits per heavy atom. The van der Waals surface area contributed by atoms with Crippen molar-refractivity contribution in [2.24, 2.45) is 0 Å². The fourth-order valence-corrected chi connectivity index (χ4v) is 2.09. The van der Waals surface area contributed by atoms with E-state index in [9.17, 15) is 0 Å². The van der Waals surface area contributed by atoms with E-state index in [1.165, 1.54) is 5.56 Å². The van der Waals surface area contributed by atoms with Crippen LogP contribution in [0.3, 0.4) is 0 Å². The summed E-state index contributed by atoms with van der Waals surface area (Å²) in [7, 11) is 0. The van der Waals surface area contributed by atoms with Gasteiger partial charge in [0.25, 0.3) is 0 Å². The zero-order valence-electron chi connectivity index (χ0n) is 9.29. The van der Waals surface area contributed by atoms with Crippen LogP contribution >= 0.6 is 48.0 Å². The van der Waals surface area contributed by atoms with E-state index in [0.717, 1.165) is 32.7 Å². The molecule has 2 nitrogen and oxygen atoms in total. The monoisotopic (exact) mass is 316 g/mol. The van der Waals surface area contributed by atoms with Crippen molar-refractivity contribution < 1.29 is 0 Å². The van der Waals surface area contributed by atoms with E-state index in [-0.39, 0.29) is 24.8 Å². The van der Waals surface area contributed by atoms with Gasteiger partial charge in [-0.1, -0.05) is 29.3 Å². The molecule has 1 fully saturated rings. The standard InChI is InChI=1S/C11H14Cl2N2.2ClH/c12-10-2-1-9(7-11(10)13)8-15-5-3-14-4-6-15;;/h1-2,7,14H,3-6,8H2;2*1H. The van der Waals surface area contributed by atoms with E-state index in [1.54, 1.807) is 0 Å². The van der Waals surface area contributed by atoms with Gasteiger partial charge < -0.3 is 5.32 Å². The first-order chi connectivity index (χ1) is 7.25. The molecule has 2 rings (SSSR count). The molecule has 0 atom stereocenters. The molecule has 0 unspecified atom stereocenters. The molecule has 1 aliphatic heterocycles. The summed E-state index contributed by atoms with van der Waals surface area (Å²) in [6.07, 6.45) is 0. The van der Waals surface area contributed by atoms with Gasteiger partial charge in [-0.3, -0.25) is 4.90 Å². The Hall–Kier alpha value is 0.300. The third kappa shape index (κ3) is 5.21. The number of nitrogens with zero attached hydrogens (tertiary/aromatic N) is 1. The van der Waals surface area contributed by atoms with Crippen molar-refractivity contribution in [1.82, 2.24) is 10.2 Å². The van der Waals surface area contributed by atoms with Crippen LogP contribution in [0.4, 0.5) is 0 Å². The minimum absolute atomic E-state index is 0. The zero-order chi connectivity index (χ0) is 10.7. The number of piperazine rings is 1. The van der Waals surface area contributed by atoms with E-state index >= 15 is 0 Å². The lowest BCUT2D eigenvalue weighted by atomic mass is 10.2. The van der Waals surface area contributed by atoms with Crippen LogP contribution in [0.25, 0.3) is 0 Å². The van der Waals surface area contributed by atoms with Crippen LogP contribution in [0.1, 0.15) is 5.56 Å². The minimum atomic E-state index is 0. The van der Waals surface area contributed by atoms with Crippen LogP contribution in [-0.4, -0.2) is 31.1 Å². The first-order valence-corrected chi connectivity index (χ1v) is 5.88. The van der Waals surface area contributed by atoms with Gasteiger partial charge in [0.15, 0.2) is 0 Å². The van der Waals surface area contributed by atoms with Gasteiger partial charge in [-0.15, -0.1) is 24.8 Å². The molecule has 0 aliphatic carbocycles. The number of rotatable bonds is 2. The number of halogens is 4. The summed E-state index contributed by atoms with van der Waals surface area (Å²) in [6.45, 7) is 5.29. The van der Waals surface area contributed by atoms with Crippen LogP contribution < -0.4 is 5.32 Å². The lowest BCUT2D eigenvalue weighted by Crippen LogP contribution is -2.42. The maximum atomic E-state index is 5.97. The molecule has 1 N–H and O–H groups in total. The van der Waals surface area contributed by atoms with E-state index in [1.807, 2.05) is 18.2 Å². The van der Waals surface area contributed by atoms with Crippen molar-refractivity contribution in [3.8, 4) is 0 Å². The van der Waals surface area contributed by atoms with Gasteiger partial charge in [0.2, 0.25) is 0 Å². The Morgan fingerprint density at radius 2 is 1.71 bits per heavy atom. The van der Waals surface area contributed by atoms with Crippen molar-refractivity contribution in [1.29, 1.82) is 0 Å². The van der Waals surface area contributed by atoms with Crippen molar-refractivity contribution in [2.75, 3.05) is 26.2 Å². The molecular weight excluding hydrogens is 302 g/mol. The quantitative estimate of drug-likeness (QED) is 0.901. The molecule has 17 heavy (non-hydrogen) atoms. The number of benzene rings is 1. The average molecular weight is 318 g/mol. The molecule has 0 amide bonds. The summed E-state index contributed by atoms with van der Waals surface area (Å²) in [6, 6.07) is 5.85. The second kappa shape index (κ2) is 8.41. The minimum Gasteiger partial charge on any atom is -0.314 e. The SMILES string of the molecule is Cl.Cl.Clc1ccc(CN2CCNCC2)cc1Cl. The largest absolute Gasteiger partial charge is 0.314 e. The molecule has 1 aliphatic rings. The third-order valence-corrected chi connectivity index (χ3v) is 3.34. The maximum absolute atomic E-state index is 5.97. The van der Waals surface area contributed by atoms with E-state index in [0.29, 0.717) is 10.0 Å². The van der Waals surface area contributed by atoms with E-state index < -0.39 is 0 Å². The lowest BCUT2D eigenvalue weighted by molar-refractivity contribution is 0.233. The van der Waals surface area contributed by atoms with Gasteiger partial charge in [0, 0.05) is 32.7 Å². The Morgan fingerprint density at radius 3 is 2.29 bits per heavy atom. The van der Waals surface area contributed by atoms with Crippen LogP contribution in [0.15, 0.2) is 18.2 Å². The molecule has 1 heterocycles. The van der Waals surface area contributed by atoms with E-state index in [4.69, 9.17) is 23.2 Å². The van der Waals surface area contributed by atoms with Gasteiger partial charge in [0.1, 0.15) is 0 Å². The Bertz CT molecular complexity index is 340. The molecule has 1 aromatic rings. The van der Waals surface area contributed by atoms with E-state index in [2.05, 4.69) is 10.2 Å². The summed E-state index contributed by atoms with van der Waals surface area (Å²) >= 11 is 11.8. The average Bonchev–Trinajstić information content (AvgIpc) is 2.25. The zero-order valence-corrected chi connectivity index (χ0v) is 12.4. The molecule has 0 spiro atoms. The summed E-state index contributed by atoms with van der Waals surface area (Å²) in [4.78, 5) is 2.41. The summed E-state index contributed by atoms with van der Waals surface area (Å²) in [5.41, 5.74) is 1.23. The van der Waals surface area contributed by atoms with Gasteiger partial charge in [-0.05, 0) is 17.7 Å². The molecule has 98 valence electrons.